The fourth-order valence-corrected chi connectivity index (χ4v) is 3.54. The summed E-state index contributed by atoms with van der Waals surface area (Å²) in [6.07, 6.45) is 2.63. The summed E-state index contributed by atoms with van der Waals surface area (Å²) in [6.45, 7) is 0.853. The second-order valence-electron chi connectivity index (χ2n) is 7.90. The summed E-state index contributed by atoms with van der Waals surface area (Å²) in [6, 6.07) is 19.2. The predicted octanol–water partition coefficient (Wildman–Crippen LogP) is 4.12. The van der Waals surface area contributed by atoms with Crippen molar-refractivity contribution in [2.24, 2.45) is 0 Å². The molecule has 0 radical (unpaired) electrons. The highest BCUT2D eigenvalue weighted by Gasteiger charge is 2.21. The van der Waals surface area contributed by atoms with E-state index in [1.54, 1.807) is 36.4 Å². The summed E-state index contributed by atoms with van der Waals surface area (Å²) >= 11 is 0. The Bertz CT molecular complexity index is 1430. The third-order valence-corrected chi connectivity index (χ3v) is 5.28. The van der Waals surface area contributed by atoms with E-state index in [1.807, 2.05) is 6.07 Å². The molecule has 0 atom stereocenters. The largest absolute Gasteiger partial charge is 0.368 e. The Morgan fingerprint density at radius 3 is 2.26 bits per heavy atom. The zero-order valence-electron chi connectivity index (χ0n) is 19.9. The molecule has 0 saturated carbocycles. The van der Waals surface area contributed by atoms with Crippen molar-refractivity contribution < 1.29 is 14.6 Å². The van der Waals surface area contributed by atoms with Crippen molar-refractivity contribution in [2.75, 3.05) is 28.6 Å². The molecule has 0 spiro atoms. The molecule has 4 aromatic rings. The number of nitro groups is 2. The molecule has 0 fully saturated rings. The van der Waals surface area contributed by atoms with Gasteiger partial charge >= 0.3 is 0 Å². The van der Waals surface area contributed by atoms with Gasteiger partial charge in [-0.05, 0) is 30.3 Å². The van der Waals surface area contributed by atoms with E-state index in [9.17, 15) is 25.0 Å². The van der Waals surface area contributed by atoms with Gasteiger partial charge in [-0.1, -0.05) is 24.3 Å². The van der Waals surface area contributed by atoms with Gasteiger partial charge in [-0.15, -0.1) is 0 Å². The minimum absolute atomic E-state index is 0.0697. The number of amides is 1. The number of nitrogens with zero attached hydrogens (tertiary/aromatic N) is 6. The standard InChI is InChI=1S/C25H22N8O5/c34-24(31(19-5-2-1-3-6-19)20-7-4-8-21(16-20)32(35)36)15-18-11-12-27-25(30-18)28-14-13-26-23-10-9-22(17-29-23)33(37)38/h1-12,16-17H,13-15H2,(H,26,29)(H,27,28,30). The number of nitrogens with one attached hydrogen (secondary N) is 2. The Morgan fingerprint density at radius 1 is 0.816 bits per heavy atom. The second kappa shape index (κ2) is 12.0. The number of hydrogen-bond acceptors (Lipinski definition) is 10. The van der Waals surface area contributed by atoms with E-state index >= 15 is 0 Å². The highest BCUT2D eigenvalue weighted by atomic mass is 16.6. The summed E-state index contributed by atoms with van der Waals surface area (Å²) in [5.74, 6) is 0.474. The molecule has 2 aromatic heterocycles. The van der Waals surface area contributed by atoms with E-state index in [2.05, 4.69) is 25.6 Å². The molecule has 1 amide bonds. The number of carbonyl (C=O) groups excluding carboxylic acids is 1. The van der Waals surface area contributed by atoms with Crippen molar-refractivity contribution >= 4 is 40.4 Å². The van der Waals surface area contributed by atoms with Gasteiger partial charge in [-0.3, -0.25) is 29.9 Å². The van der Waals surface area contributed by atoms with Gasteiger partial charge in [0.2, 0.25) is 11.9 Å². The van der Waals surface area contributed by atoms with Crippen molar-refractivity contribution in [2.45, 2.75) is 6.42 Å². The Balaban J connectivity index is 1.41. The van der Waals surface area contributed by atoms with Gasteiger partial charge in [-0.25, -0.2) is 15.0 Å². The number of rotatable bonds is 11. The van der Waals surface area contributed by atoms with Crippen LogP contribution in [0.5, 0.6) is 0 Å². The molecule has 38 heavy (non-hydrogen) atoms. The van der Waals surface area contributed by atoms with E-state index in [0.717, 1.165) is 0 Å². The topological polar surface area (TPSA) is 169 Å². The van der Waals surface area contributed by atoms with E-state index in [4.69, 9.17) is 0 Å². The molecule has 192 valence electrons. The van der Waals surface area contributed by atoms with Crippen LogP contribution in [0.4, 0.5) is 34.5 Å². The second-order valence-corrected chi connectivity index (χ2v) is 7.90. The van der Waals surface area contributed by atoms with Gasteiger partial charge in [0, 0.05) is 43.2 Å². The molecule has 4 rings (SSSR count). The number of anilines is 4. The summed E-state index contributed by atoms with van der Waals surface area (Å²) in [7, 11) is 0. The van der Waals surface area contributed by atoms with Gasteiger partial charge < -0.3 is 10.6 Å². The summed E-state index contributed by atoms with van der Waals surface area (Å²) in [5.41, 5.74) is 1.18. The molecular formula is C25H22N8O5. The molecule has 0 aliphatic heterocycles. The number of pyridine rings is 1. The van der Waals surface area contributed by atoms with Crippen molar-refractivity contribution in [1.82, 2.24) is 15.0 Å². The van der Waals surface area contributed by atoms with E-state index in [-0.39, 0.29) is 23.7 Å². The first-order valence-electron chi connectivity index (χ1n) is 11.4. The highest BCUT2D eigenvalue weighted by Crippen LogP contribution is 2.29. The lowest BCUT2D eigenvalue weighted by molar-refractivity contribution is -0.385. The third kappa shape index (κ3) is 6.60. The minimum atomic E-state index is -0.518. The highest BCUT2D eigenvalue weighted by molar-refractivity contribution is 6.01. The first kappa shape index (κ1) is 25.6. The average molecular weight is 515 g/mol. The van der Waals surface area contributed by atoms with Crippen LogP contribution in [0.3, 0.4) is 0 Å². The lowest BCUT2D eigenvalue weighted by Crippen LogP contribution is -2.28. The van der Waals surface area contributed by atoms with Crippen molar-refractivity contribution in [1.29, 1.82) is 0 Å². The Labute approximate surface area is 216 Å². The van der Waals surface area contributed by atoms with Crippen LogP contribution in [0.15, 0.2) is 85.2 Å². The van der Waals surface area contributed by atoms with Gasteiger partial charge in [0.15, 0.2) is 0 Å². The average Bonchev–Trinajstić information content (AvgIpc) is 2.92. The van der Waals surface area contributed by atoms with Crippen LogP contribution < -0.4 is 15.5 Å². The molecule has 2 aromatic carbocycles. The lowest BCUT2D eigenvalue weighted by Gasteiger charge is -2.23. The van der Waals surface area contributed by atoms with Gasteiger partial charge in [0.1, 0.15) is 12.0 Å². The minimum Gasteiger partial charge on any atom is -0.368 e. The van der Waals surface area contributed by atoms with Crippen molar-refractivity contribution in [3.05, 3.63) is 111 Å². The third-order valence-electron chi connectivity index (χ3n) is 5.28. The van der Waals surface area contributed by atoms with Crippen molar-refractivity contribution in [3.63, 3.8) is 0 Å². The van der Waals surface area contributed by atoms with Gasteiger partial charge in [0.25, 0.3) is 11.4 Å². The molecular weight excluding hydrogens is 492 g/mol. The number of nitro benzene ring substituents is 1. The Morgan fingerprint density at radius 2 is 1.55 bits per heavy atom. The van der Waals surface area contributed by atoms with Crippen LogP contribution >= 0.6 is 0 Å². The fourth-order valence-electron chi connectivity index (χ4n) is 3.54. The number of benzene rings is 2. The van der Waals surface area contributed by atoms with Crippen LogP contribution in [0.2, 0.25) is 0 Å². The molecule has 0 aliphatic carbocycles. The number of non-ortho nitro benzene ring substituents is 1. The monoisotopic (exact) mass is 514 g/mol. The van der Waals surface area contributed by atoms with Gasteiger partial charge in [-0.2, -0.15) is 0 Å². The first-order chi connectivity index (χ1) is 18.4. The molecule has 2 N–H and O–H groups in total. The van der Waals surface area contributed by atoms with Crippen molar-refractivity contribution in [3.8, 4) is 0 Å². The SMILES string of the molecule is O=C(Cc1ccnc(NCCNc2ccc([N+](=O)[O-])cn2)n1)N(c1ccccc1)c1cccc([N+](=O)[O-])c1. The molecule has 0 saturated heterocycles. The number of hydrogen-bond donors (Lipinski definition) is 2. The smallest absolute Gasteiger partial charge is 0.287 e. The molecule has 13 heteroatoms. The lowest BCUT2D eigenvalue weighted by atomic mass is 10.2. The molecule has 0 aliphatic rings. The predicted molar refractivity (Wildman–Crippen MR) is 140 cm³/mol. The van der Waals surface area contributed by atoms with E-state index in [1.165, 1.54) is 47.6 Å². The molecule has 0 unspecified atom stereocenters. The van der Waals surface area contributed by atoms with Gasteiger partial charge in [0.05, 0.1) is 27.6 Å². The number of aromatic nitrogens is 3. The fraction of sp³-hybridized carbons (Fsp3) is 0.120. The summed E-state index contributed by atoms with van der Waals surface area (Å²) in [5, 5.41) is 28.1. The molecule has 0 bridgehead atoms. The normalized spacial score (nSPS) is 10.4. The van der Waals surface area contributed by atoms with Crippen LogP contribution in [0.25, 0.3) is 0 Å². The zero-order chi connectivity index (χ0) is 26.9. The molecule has 2 heterocycles. The molecule has 13 nitrogen and oxygen atoms in total. The maximum absolute atomic E-state index is 13.4. The Hall–Kier alpha value is -5.46. The van der Waals surface area contributed by atoms with Crippen LogP contribution in [-0.4, -0.2) is 43.8 Å². The quantitative estimate of drug-likeness (QED) is 0.169. The van der Waals surface area contributed by atoms with Crippen LogP contribution in [-0.2, 0) is 11.2 Å². The Kier molecular flexibility index (Phi) is 8.08. The number of para-hydroxylation sites is 1. The van der Waals surface area contributed by atoms with E-state index in [0.29, 0.717) is 41.9 Å². The maximum atomic E-state index is 13.4. The first-order valence-corrected chi connectivity index (χ1v) is 11.4. The summed E-state index contributed by atoms with van der Waals surface area (Å²) in [4.78, 5) is 48.4. The van der Waals surface area contributed by atoms with Crippen LogP contribution in [0.1, 0.15) is 5.69 Å². The number of carbonyl (C=O) groups is 1. The summed E-state index contributed by atoms with van der Waals surface area (Å²) < 4.78 is 0. The zero-order valence-corrected chi connectivity index (χ0v) is 19.9. The van der Waals surface area contributed by atoms with Crippen LogP contribution in [0, 0.1) is 20.2 Å². The maximum Gasteiger partial charge on any atom is 0.287 e. The van der Waals surface area contributed by atoms with E-state index < -0.39 is 9.85 Å².